The molecule has 6 aromatic rings. The zero-order chi connectivity index (χ0) is 38.7. The molecule has 1 aliphatic heterocycles. The number of halogens is 1. The maximum Gasteiger partial charge on any atom is 0.260 e. The van der Waals surface area contributed by atoms with Gasteiger partial charge in [-0.25, -0.2) is 4.39 Å². The van der Waals surface area contributed by atoms with Gasteiger partial charge in [0.25, 0.3) is 5.91 Å². The first-order chi connectivity index (χ1) is 26.5. The van der Waals surface area contributed by atoms with Gasteiger partial charge < -0.3 is 24.2 Å². The van der Waals surface area contributed by atoms with E-state index in [1.807, 2.05) is 79.0 Å². The molecule has 7 rings (SSSR count). The number of pyridine rings is 1. The number of ether oxygens (including phenoxy) is 3. The number of aryl methyl sites for hydroxylation is 1. The van der Waals surface area contributed by atoms with Crippen LogP contribution in [0.3, 0.4) is 0 Å². The highest BCUT2D eigenvalue weighted by molar-refractivity contribution is 6.76. The molecule has 0 bridgehead atoms. The number of aliphatic hydroxyl groups is 1. The predicted octanol–water partition coefficient (Wildman–Crippen LogP) is 10.1. The van der Waals surface area contributed by atoms with Crippen LogP contribution >= 0.6 is 0 Å². The Morgan fingerprint density at radius 3 is 2.15 bits per heavy atom. The van der Waals surface area contributed by atoms with Crippen LogP contribution in [-0.2, 0) is 19.4 Å². The molecule has 1 unspecified atom stereocenters. The number of nitrogens with zero attached hydrogens (tertiary/aromatic N) is 2. The minimum absolute atomic E-state index is 0.0933. The van der Waals surface area contributed by atoms with Gasteiger partial charge in [0, 0.05) is 36.9 Å². The van der Waals surface area contributed by atoms with Crippen LogP contribution in [0.25, 0.3) is 10.9 Å². The number of carbonyl (C=O) groups excluding carboxylic acids is 1. The van der Waals surface area contributed by atoms with Crippen molar-refractivity contribution in [3.63, 3.8) is 0 Å². The lowest BCUT2D eigenvalue weighted by atomic mass is 9.91. The molecule has 9 heteroatoms. The van der Waals surface area contributed by atoms with Crippen molar-refractivity contribution < 1.29 is 28.5 Å². The Kier molecular flexibility index (Phi) is 11.0. The molecule has 0 spiro atoms. The second-order valence-electron chi connectivity index (χ2n) is 15.4. The lowest BCUT2D eigenvalue weighted by Gasteiger charge is -2.25. The molecule has 1 N–H and O–H groups in total. The molecular weight excluding hydrogens is 708 g/mol. The van der Waals surface area contributed by atoms with E-state index in [9.17, 15) is 14.3 Å². The second-order valence-corrected chi connectivity index (χ2v) is 21.0. The first-order valence-electron chi connectivity index (χ1n) is 18.7. The van der Waals surface area contributed by atoms with E-state index in [0.717, 1.165) is 51.2 Å². The van der Waals surface area contributed by atoms with Gasteiger partial charge in [0.05, 0.1) is 26.3 Å². The van der Waals surface area contributed by atoms with Crippen LogP contribution in [0.4, 0.5) is 4.39 Å². The zero-order valence-corrected chi connectivity index (χ0v) is 33.0. The fourth-order valence-electron chi connectivity index (χ4n) is 7.50. The van der Waals surface area contributed by atoms with Crippen LogP contribution in [0.5, 0.6) is 17.2 Å². The molecule has 0 saturated carbocycles. The standard InChI is InChI=1S/C46H47FN2O5Si/c1-52-36-23-20-34(39(27-36)53-2)29-49-45(50)40-37(17-12-24-55(3,4)5)38-26-31(25-30-18-21-35(47)22-19-30)28-48-42(38)44(41(40)46(49)51)54-43(32-13-8-6-9-14-32)33-15-10-7-11-16-33/h6-11,13-16,18-23,26-28,43,45,50H,12,17,24-25,29H2,1-5H3. The number of benzene rings is 5. The van der Waals surface area contributed by atoms with E-state index >= 15 is 0 Å². The monoisotopic (exact) mass is 754 g/mol. The molecule has 2 heterocycles. The van der Waals surface area contributed by atoms with Crippen molar-refractivity contribution in [2.24, 2.45) is 0 Å². The van der Waals surface area contributed by atoms with Gasteiger partial charge in [-0.3, -0.25) is 9.78 Å². The van der Waals surface area contributed by atoms with E-state index in [-0.39, 0.29) is 18.3 Å². The summed E-state index contributed by atoms with van der Waals surface area (Å²) in [5, 5.41) is 13.2. The molecule has 282 valence electrons. The van der Waals surface area contributed by atoms with Crippen molar-refractivity contribution in [1.29, 1.82) is 0 Å². The summed E-state index contributed by atoms with van der Waals surface area (Å²) in [5.74, 6) is 0.870. The first-order valence-corrected chi connectivity index (χ1v) is 22.4. The summed E-state index contributed by atoms with van der Waals surface area (Å²) < 4.78 is 32.1. The molecule has 0 aliphatic carbocycles. The number of carbonyl (C=O) groups is 1. The number of methoxy groups -OCH3 is 2. The van der Waals surface area contributed by atoms with E-state index in [1.165, 1.54) is 17.0 Å². The molecule has 55 heavy (non-hydrogen) atoms. The van der Waals surface area contributed by atoms with Crippen LogP contribution in [0.15, 0.2) is 115 Å². The van der Waals surface area contributed by atoms with Crippen molar-refractivity contribution in [3.8, 4) is 17.2 Å². The summed E-state index contributed by atoms with van der Waals surface area (Å²) in [6, 6.07) is 35.0. The number of hydrogen-bond acceptors (Lipinski definition) is 6. The van der Waals surface area contributed by atoms with Crippen molar-refractivity contribution in [2.75, 3.05) is 14.2 Å². The lowest BCUT2D eigenvalue weighted by Crippen LogP contribution is -2.28. The molecule has 5 aromatic carbocycles. The molecule has 1 atom stereocenters. The Bertz CT molecular complexity index is 2260. The Morgan fingerprint density at radius 2 is 1.53 bits per heavy atom. The van der Waals surface area contributed by atoms with Crippen LogP contribution in [0.2, 0.25) is 25.7 Å². The molecule has 1 aliphatic rings. The number of aromatic nitrogens is 1. The van der Waals surface area contributed by atoms with Crippen LogP contribution in [0.1, 0.15) is 68.1 Å². The molecule has 0 saturated heterocycles. The van der Waals surface area contributed by atoms with Gasteiger partial charge in [-0.15, -0.1) is 0 Å². The van der Waals surface area contributed by atoms with Gasteiger partial charge in [0.1, 0.15) is 28.9 Å². The van der Waals surface area contributed by atoms with Crippen molar-refractivity contribution in [2.45, 2.75) is 63.8 Å². The number of hydrogen-bond donors (Lipinski definition) is 1. The van der Waals surface area contributed by atoms with E-state index in [2.05, 4.69) is 25.7 Å². The number of aliphatic hydroxyl groups excluding tert-OH is 1. The Hall–Kier alpha value is -5.51. The topological polar surface area (TPSA) is 81.1 Å². The van der Waals surface area contributed by atoms with Crippen molar-refractivity contribution in [3.05, 3.63) is 166 Å². The van der Waals surface area contributed by atoms with Gasteiger partial charge in [-0.05, 0) is 71.0 Å². The summed E-state index contributed by atoms with van der Waals surface area (Å²) in [7, 11) is 1.74. The minimum Gasteiger partial charge on any atom is -0.497 e. The first kappa shape index (κ1) is 37.8. The second kappa shape index (κ2) is 16.1. The molecule has 1 amide bonds. The smallest absolute Gasteiger partial charge is 0.260 e. The number of fused-ring (bicyclic) bond motifs is 2. The average molecular weight is 755 g/mol. The average Bonchev–Trinajstić information content (AvgIpc) is 3.43. The highest BCUT2D eigenvalue weighted by Gasteiger charge is 2.43. The van der Waals surface area contributed by atoms with E-state index in [1.54, 1.807) is 32.4 Å². The Morgan fingerprint density at radius 1 is 0.855 bits per heavy atom. The molecule has 0 radical (unpaired) electrons. The van der Waals surface area contributed by atoms with Crippen LogP contribution < -0.4 is 14.2 Å². The zero-order valence-electron chi connectivity index (χ0n) is 32.0. The largest absolute Gasteiger partial charge is 0.497 e. The fourth-order valence-corrected chi connectivity index (χ4v) is 8.74. The molecule has 1 aromatic heterocycles. The number of rotatable bonds is 14. The quantitative estimate of drug-likeness (QED) is 0.112. The Balaban J connectivity index is 1.44. The number of amides is 1. The van der Waals surface area contributed by atoms with Crippen LogP contribution in [0, 0.1) is 5.82 Å². The van der Waals surface area contributed by atoms with Gasteiger partial charge in [0.2, 0.25) is 0 Å². The maximum absolute atomic E-state index is 14.9. The SMILES string of the molecule is COc1ccc(CN2C(=O)c3c(c(CCC[Si](C)(C)C)c4cc(Cc5ccc(F)cc5)cnc4c3OC(c3ccccc3)c3ccccc3)C2O)c(OC)c1. The fraction of sp³-hybridized carbons (Fsp3) is 0.261. The molecule has 0 fully saturated rings. The summed E-state index contributed by atoms with van der Waals surface area (Å²) in [6.07, 6.45) is 2.06. The molecular formula is C46H47FN2O5Si. The molecule has 7 nitrogen and oxygen atoms in total. The third-order valence-corrected chi connectivity index (χ3v) is 12.1. The third-order valence-electron chi connectivity index (χ3n) is 10.3. The lowest BCUT2D eigenvalue weighted by molar-refractivity contribution is 0.0131. The predicted molar refractivity (Wildman–Crippen MR) is 217 cm³/mol. The summed E-state index contributed by atoms with van der Waals surface area (Å²) in [5.41, 5.74) is 6.75. The highest BCUT2D eigenvalue weighted by Crippen LogP contribution is 2.48. The minimum atomic E-state index is -1.43. The highest BCUT2D eigenvalue weighted by atomic mass is 28.3. The van der Waals surface area contributed by atoms with Gasteiger partial charge in [-0.2, -0.15) is 0 Å². The van der Waals surface area contributed by atoms with Gasteiger partial charge >= 0.3 is 0 Å². The van der Waals surface area contributed by atoms with E-state index < -0.39 is 20.4 Å². The normalized spacial score (nSPS) is 14.1. The Labute approximate surface area is 323 Å². The summed E-state index contributed by atoms with van der Waals surface area (Å²) in [4.78, 5) is 21.5. The van der Waals surface area contributed by atoms with Crippen molar-refractivity contribution in [1.82, 2.24) is 9.88 Å². The summed E-state index contributed by atoms with van der Waals surface area (Å²) >= 11 is 0. The van der Waals surface area contributed by atoms with Crippen molar-refractivity contribution >= 4 is 24.9 Å². The maximum atomic E-state index is 14.9. The van der Waals surface area contributed by atoms with E-state index in [0.29, 0.717) is 46.7 Å². The van der Waals surface area contributed by atoms with Gasteiger partial charge in [0.15, 0.2) is 12.0 Å². The van der Waals surface area contributed by atoms with Crippen LogP contribution in [-0.4, -0.2) is 43.2 Å². The van der Waals surface area contributed by atoms with Gasteiger partial charge in [-0.1, -0.05) is 105 Å². The van der Waals surface area contributed by atoms with E-state index in [4.69, 9.17) is 19.2 Å². The summed E-state index contributed by atoms with van der Waals surface area (Å²) in [6.45, 7) is 7.15. The third kappa shape index (κ3) is 8.14.